The molecule has 3 aliphatic heterocycles. The molecule has 3 saturated heterocycles. The number of likely N-dealkylation sites (tertiary alicyclic amines) is 1. The number of carboxylic acid groups (broad SMARTS) is 1. The van der Waals surface area contributed by atoms with Gasteiger partial charge in [-0.2, -0.15) is 0 Å². The summed E-state index contributed by atoms with van der Waals surface area (Å²) in [5.41, 5.74) is 12.1. The van der Waals surface area contributed by atoms with Crippen molar-refractivity contribution in [3.63, 3.8) is 0 Å². The van der Waals surface area contributed by atoms with Crippen LogP contribution in [0.2, 0.25) is 0 Å². The van der Waals surface area contributed by atoms with Gasteiger partial charge in [-0.05, 0) is 68.6 Å². The zero-order valence-electron chi connectivity index (χ0n) is 27.8. The van der Waals surface area contributed by atoms with Gasteiger partial charge in [0, 0.05) is 25.4 Å². The number of hydrogen-bond donors (Lipinski definition) is 7. The third-order valence-electron chi connectivity index (χ3n) is 9.44. The van der Waals surface area contributed by atoms with Gasteiger partial charge < -0.3 is 47.4 Å². The summed E-state index contributed by atoms with van der Waals surface area (Å²) in [6.07, 6.45) is 1.65. The van der Waals surface area contributed by atoms with Crippen LogP contribution in [0.3, 0.4) is 0 Å². The Hall–Kier alpha value is -4.73. The minimum Gasteiger partial charge on any atom is -0.508 e. The van der Waals surface area contributed by atoms with Gasteiger partial charge in [0.1, 0.15) is 36.0 Å². The topological polar surface area (TPSA) is 255 Å². The van der Waals surface area contributed by atoms with Gasteiger partial charge in [-0.15, -0.1) is 0 Å². The molecule has 1 unspecified atom stereocenters. The number of fused-ring (bicyclic) bond motifs is 1. The van der Waals surface area contributed by atoms with E-state index in [1.54, 1.807) is 12.1 Å². The molecule has 268 valence electrons. The summed E-state index contributed by atoms with van der Waals surface area (Å²) in [5, 5.41) is 26.9. The number of carbonyl (C=O) groups is 7. The highest BCUT2D eigenvalue weighted by Crippen LogP contribution is 2.33. The third-order valence-corrected chi connectivity index (χ3v) is 9.44. The molecule has 3 aliphatic rings. The van der Waals surface area contributed by atoms with Crippen molar-refractivity contribution >= 4 is 41.4 Å². The molecule has 0 bridgehead atoms. The standard InChI is InChI=1S/C33H47N7O9/c1-17(2)15-24(28(35)44)38-29(45)22(10-12-27(42)43)36-30(46)25-11-6-19-5-9-23(33(49)40(19)25)37-31(47)26(39-14-13-21(34)32(39)48)16-18-3-7-20(41)8-4-18/h3-4,7-8,17,19,21-26,41H,5-6,9-16,34H2,1-2H3,(H2,35,44)(H,36,46)(H,37,47)(H,38,45)(H,42,43)/t19-,21-,22-,23-,24?,25-,26-/m1/s1. The molecule has 3 fully saturated rings. The molecular formula is C33H47N7O9. The molecule has 3 heterocycles. The normalized spacial score (nSPS) is 23.8. The zero-order valence-corrected chi connectivity index (χ0v) is 27.8. The van der Waals surface area contributed by atoms with E-state index in [1.165, 1.54) is 21.9 Å². The number of primary amides is 1. The lowest BCUT2D eigenvalue weighted by molar-refractivity contribution is -0.147. The van der Waals surface area contributed by atoms with Crippen LogP contribution in [-0.4, -0.2) is 110 Å². The Morgan fingerprint density at radius 1 is 0.918 bits per heavy atom. The lowest BCUT2D eigenvalue weighted by atomic mass is 9.97. The van der Waals surface area contributed by atoms with Crippen LogP contribution in [0.25, 0.3) is 0 Å². The van der Waals surface area contributed by atoms with E-state index in [2.05, 4.69) is 16.0 Å². The fraction of sp³-hybridized carbons (Fsp3) is 0.606. The van der Waals surface area contributed by atoms with Crippen molar-refractivity contribution in [2.45, 2.75) is 114 Å². The maximum absolute atomic E-state index is 13.9. The van der Waals surface area contributed by atoms with E-state index in [-0.39, 0.29) is 55.8 Å². The van der Waals surface area contributed by atoms with Gasteiger partial charge in [-0.25, -0.2) is 0 Å². The van der Waals surface area contributed by atoms with E-state index in [0.29, 0.717) is 31.2 Å². The molecule has 0 saturated carbocycles. The van der Waals surface area contributed by atoms with Gasteiger partial charge in [0.05, 0.1) is 6.04 Å². The van der Waals surface area contributed by atoms with E-state index in [4.69, 9.17) is 11.5 Å². The number of phenolic OH excluding ortho intramolecular Hbond substituents is 1. The Morgan fingerprint density at radius 3 is 2.18 bits per heavy atom. The fourth-order valence-electron chi connectivity index (χ4n) is 6.85. The SMILES string of the molecule is CC(C)CC(NC(=O)[C@@H](CCC(=O)O)NC(=O)[C@H]1CC[C@H]2CC[C@@H](NC(=O)[C@@H](Cc3ccc(O)cc3)N3CC[C@@H](N)C3=O)C(=O)N21)C(N)=O. The van der Waals surface area contributed by atoms with E-state index in [1.807, 2.05) is 13.8 Å². The molecule has 7 atom stereocenters. The number of aromatic hydroxyl groups is 1. The van der Waals surface area contributed by atoms with Crippen LogP contribution in [0.1, 0.15) is 70.8 Å². The monoisotopic (exact) mass is 685 g/mol. The minimum atomic E-state index is -1.31. The average molecular weight is 686 g/mol. The number of nitrogens with zero attached hydrogens (tertiary/aromatic N) is 2. The second-order valence-corrected chi connectivity index (χ2v) is 13.5. The first-order valence-corrected chi connectivity index (χ1v) is 16.7. The highest BCUT2D eigenvalue weighted by atomic mass is 16.4. The second kappa shape index (κ2) is 16.1. The van der Waals surface area contributed by atoms with Crippen LogP contribution in [0, 0.1) is 5.92 Å². The van der Waals surface area contributed by atoms with Gasteiger partial charge in [0.15, 0.2) is 0 Å². The van der Waals surface area contributed by atoms with Crippen molar-refractivity contribution in [3.05, 3.63) is 29.8 Å². The number of amides is 6. The molecule has 1 aromatic carbocycles. The Bertz CT molecular complexity index is 1440. The molecule has 4 rings (SSSR count). The Morgan fingerprint density at radius 2 is 1.59 bits per heavy atom. The Labute approximate surface area is 284 Å². The first-order valence-electron chi connectivity index (χ1n) is 16.7. The lowest BCUT2D eigenvalue weighted by Gasteiger charge is -2.39. The number of benzene rings is 1. The number of aliphatic carboxylic acids is 1. The van der Waals surface area contributed by atoms with Crippen molar-refractivity contribution in [2.24, 2.45) is 17.4 Å². The highest BCUT2D eigenvalue weighted by Gasteiger charge is 2.48. The fourth-order valence-corrected chi connectivity index (χ4v) is 6.85. The number of nitrogens with two attached hydrogens (primary N) is 2. The van der Waals surface area contributed by atoms with Gasteiger partial charge in [0.2, 0.25) is 35.4 Å². The molecule has 9 N–H and O–H groups in total. The first kappa shape index (κ1) is 37.1. The number of hydrogen-bond acceptors (Lipinski definition) is 9. The summed E-state index contributed by atoms with van der Waals surface area (Å²) >= 11 is 0. The van der Waals surface area contributed by atoms with Crippen molar-refractivity contribution in [3.8, 4) is 5.75 Å². The quantitative estimate of drug-likeness (QED) is 0.117. The maximum Gasteiger partial charge on any atom is 0.303 e. The number of phenols is 1. The van der Waals surface area contributed by atoms with Crippen LogP contribution >= 0.6 is 0 Å². The molecule has 0 spiro atoms. The average Bonchev–Trinajstić information content (AvgIpc) is 3.62. The lowest BCUT2D eigenvalue weighted by Crippen LogP contribution is -2.62. The van der Waals surface area contributed by atoms with E-state index < -0.39 is 78.2 Å². The maximum atomic E-state index is 13.9. The van der Waals surface area contributed by atoms with Crippen molar-refractivity contribution < 1.29 is 43.8 Å². The molecule has 0 radical (unpaired) electrons. The Kier molecular flexibility index (Phi) is 12.2. The summed E-state index contributed by atoms with van der Waals surface area (Å²) in [7, 11) is 0. The van der Waals surface area contributed by atoms with Crippen LogP contribution in [0.15, 0.2) is 24.3 Å². The molecule has 49 heavy (non-hydrogen) atoms. The molecule has 6 amide bonds. The summed E-state index contributed by atoms with van der Waals surface area (Å²) < 4.78 is 0. The number of piperidine rings is 1. The molecular weight excluding hydrogens is 638 g/mol. The largest absolute Gasteiger partial charge is 0.508 e. The van der Waals surface area contributed by atoms with Crippen LogP contribution in [-0.2, 0) is 40.0 Å². The van der Waals surface area contributed by atoms with E-state index >= 15 is 0 Å². The molecule has 16 nitrogen and oxygen atoms in total. The van der Waals surface area contributed by atoms with Crippen molar-refractivity contribution in [1.29, 1.82) is 0 Å². The van der Waals surface area contributed by atoms with E-state index in [0.717, 1.165) is 0 Å². The zero-order chi connectivity index (χ0) is 36.0. The minimum absolute atomic E-state index is 0.00957. The molecule has 1 aromatic rings. The van der Waals surface area contributed by atoms with Crippen LogP contribution < -0.4 is 27.4 Å². The van der Waals surface area contributed by atoms with Crippen molar-refractivity contribution in [1.82, 2.24) is 25.8 Å². The number of nitrogens with one attached hydrogen (secondary N) is 3. The Balaban J connectivity index is 1.47. The van der Waals surface area contributed by atoms with Crippen LogP contribution in [0.5, 0.6) is 5.75 Å². The predicted molar refractivity (Wildman–Crippen MR) is 174 cm³/mol. The van der Waals surface area contributed by atoms with Gasteiger partial charge in [-0.1, -0.05) is 26.0 Å². The molecule has 0 aliphatic carbocycles. The number of carboxylic acids is 1. The molecule has 16 heteroatoms. The summed E-state index contributed by atoms with van der Waals surface area (Å²) in [4.78, 5) is 93.4. The summed E-state index contributed by atoms with van der Waals surface area (Å²) in [5.74, 6) is -4.73. The van der Waals surface area contributed by atoms with Gasteiger partial charge >= 0.3 is 5.97 Å². The third kappa shape index (κ3) is 9.25. The number of carbonyl (C=O) groups excluding carboxylic acids is 6. The summed E-state index contributed by atoms with van der Waals surface area (Å²) in [6, 6.07) is -0.0521. The second-order valence-electron chi connectivity index (χ2n) is 13.5. The number of rotatable bonds is 15. The van der Waals surface area contributed by atoms with Gasteiger partial charge in [-0.3, -0.25) is 33.6 Å². The summed E-state index contributed by atoms with van der Waals surface area (Å²) in [6.45, 7) is 3.94. The van der Waals surface area contributed by atoms with Crippen molar-refractivity contribution in [2.75, 3.05) is 6.54 Å². The smallest absolute Gasteiger partial charge is 0.303 e. The van der Waals surface area contributed by atoms with E-state index in [9.17, 15) is 43.8 Å². The highest BCUT2D eigenvalue weighted by molar-refractivity contribution is 5.97. The predicted octanol–water partition coefficient (Wildman–Crippen LogP) is -1.13. The van der Waals surface area contributed by atoms with Gasteiger partial charge in [0.25, 0.3) is 0 Å². The van der Waals surface area contributed by atoms with Crippen LogP contribution in [0.4, 0.5) is 0 Å². The molecule has 0 aromatic heterocycles. The first-order chi connectivity index (χ1) is 23.2.